The molecule has 1 unspecified atom stereocenters. The summed E-state index contributed by atoms with van der Waals surface area (Å²) >= 11 is 0. The molecular formula is C19H26IN3O. The topological polar surface area (TPSA) is 59.6 Å². The Labute approximate surface area is 161 Å². The number of nitrogens with one attached hydrogen (secondary N) is 1. The molecule has 0 saturated heterocycles. The van der Waals surface area contributed by atoms with Crippen LogP contribution in [0.15, 0.2) is 65.7 Å². The van der Waals surface area contributed by atoms with Gasteiger partial charge >= 0.3 is 0 Å². The van der Waals surface area contributed by atoms with Crippen LogP contribution in [0.25, 0.3) is 0 Å². The summed E-state index contributed by atoms with van der Waals surface area (Å²) in [6, 6.07) is 21.0. The van der Waals surface area contributed by atoms with E-state index in [1.807, 2.05) is 12.1 Å². The molecule has 0 radical (unpaired) electrons. The van der Waals surface area contributed by atoms with Crippen molar-refractivity contribution in [2.24, 2.45) is 10.7 Å². The van der Waals surface area contributed by atoms with Crippen LogP contribution in [-0.2, 0) is 11.2 Å². The Hall–Kier alpha value is -1.60. The van der Waals surface area contributed by atoms with Crippen LogP contribution in [0.4, 0.5) is 0 Å². The molecule has 0 aromatic heterocycles. The van der Waals surface area contributed by atoms with Crippen molar-refractivity contribution in [2.45, 2.75) is 12.3 Å². The summed E-state index contributed by atoms with van der Waals surface area (Å²) in [5.41, 5.74) is 8.51. The molecule has 0 heterocycles. The maximum absolute atomic E-state index is 5.92. The van der Waals surface area contributed by atoms with Crippen molar-refractivity contribution in [1.29, 1.82) is 0 Å². The molecule has 130 valence electrons. The lowest BCUT2D eigenvalue weighted by Gasteiger charge is -2.16. The number of hydrogen-bond donors (Lipinski definition) is 2. The molecule has 2 rings (SSSR count). The number of methoxy groups -OCH3 is 1. The van der Waals surface area contributed by atoms with Crippen LogP contribution in [0.1, 0.15) is 17.0 Å². The van der Waals surface area contributed by atoms with E-state index in [4.69, 9.17) is 10.5 Å². The molecule has 24 heavy (non-hydrogen) atoms. The number of rotatable bonds is 8. The molecule has 1 atom stereocenters. The third kappa shape index (κ3) is 7.31. The molecule has 4 nitrogen and oxygen atoms in total. The number of aliphatic imine (C=N–C) groups is 1. The van der Waals surface area contributed by atoms with Crippen LogP contribution in [0.3, 0.4) is 0 Å². The van der Waals surface area contributed by atoms with Gasteiger partial charge in [0.25, 0.3) is 0 Å². The summed E-state index contributed by atoms with van der Waals surface area (Å²) in [5, 5.41) is 3.06. The molecule has 0 amide bonds. The van der Waals surface area contributed by atoms with Crippen LogP contribution in [-0.4, -0.2) is 32.8 Å². The molecule has 0 aliphatic rings. The quantitative estimate of drug-likeness (QED) is 0.288. The van der Waals surface area contributed by atoms with Crippen molar-refractivity contribution in [3.63, 3.8) is 0 Å². The second-order valence-electron chi connectivity index (χ2n) is 5.44. The molecule has 0 fully saturated rings. The van der Waals surface area contributed by atoms with Gasteiger partial charge in [-0.2, -0.15) is 0 Å². The standard InChI is InChI=1S/C19H25N3O.HI/c1-23-13-12-21-19(20)22-15-18(17-10-6-3-7-11-17)14-16-8-4-2-5-9-16;/h2-11,18H,12-15H2,1H3,(H3,20,21,22);1H. The summed E-state index contributed by atoms with van der Waals surface area (Å²) in [4.78, 5) is 4.50. The number of halogens is 1. The normalized spacial score (nSPS) is 12.3. The first-order chi connectivity index (χ1) is 11.3. The largest absolute Gasteiger partial charge is 0.383 e. The summed E-state index contributed by atoms with van der Waals surface area (Å²) in [5.74, 6) is 0.775. The molecule has 0 aliphatic heterocycles. The first-order valence-corrected chi connectivity index (χ1v) is 7.91. The number of nitrogens with zero attached hydrogens (tertiary/aromatic N) is 1. The van der Waals surface area contributed by atoms with Crippen LogP contribution in [0.5, 0.6) is 0 Å². The zero-order chi connectivity index (χ0) is 16.3. The van der Waals surface area contributed by atoms with Crippen molar-refractivity contribution >= 4 is 29.9 Å². The zero-order valence-electron chi connectivity index (χ0n) is 14.0. The maximum atomic E-state index is 5.92. The third-order valence-electron chi connectivity index (χ3n) is 3.69. The van der Waals surface area contributed by atoms with E-state index in [9.17, 15) is 0 Å². The smallest absolute Gasteiger partial charge is 0.188 e. The highest BCUT2D eigenvalue weighted by Gasteiger charge is 2.12. The Kier molecular flexibility index (Phi) is 10.1. The number of hydrogen-bond acceptors (Lipinski definition) is 2. The van der Waals surface area contributed by atoms with Crippen molar-refractivity contribution in [3.05, 3.63) is 71.8 Å². The van der Waals surface area contributed by atoms with E-state index in [2.05, 4.69) is 58.8 Å². The third-order valence-corrected chi connectivity index (χ3v) is 3.69. The van der Waals surface area contributed by atoms with E-state index in [0.717, 1.165) is 6.42 Å². The van der Waals surface area contributed by atoms with Crippen LogP contribution >= 0.6 is 24.0 Å². The lowest BCUT2D eigenvalue weighted by molar-refractivity contribution is 0.204. The molecule has 2 aromatic rings. The maximum Gasteiger partial charge on any atom is 0.188 e. The van der Waals surface area contributed by atoms with Gasteiger partial charge < -0.3 is 15.8 Å². The highest BCUT2D eigenvalue weighted by molar-refractivity contribution is 14.0. The summed E-state index contributed by atoms with van der Waals surface area (Å²) in [6.07, 6.45) is 0.944. The first kappa shape index (κ1) is 20.4. The molecule has 0 spiro atoms. The average Bonchev–Trinajstić information content (AvgIpc) is 2.60. The first-order valence-electron chi connectivity index (χ1n) is 7.91. The molecule has 2 aromatic carbocycles. The molecular weight excluding hydrogens is 413 g/mol. The molecule has 0 saturated carbocycles. The lowest BCUT2D eigenvalue weighted by Crippen LogP contribution is -2.34. The van der Waals surface area contributed by atoms with Crippen molar-refractivity contribution in [2.75, 3.05) is 26.8 Å². The number of nitrogens with two attached hydrogens (primary N) is 1. The van der Waals surface area contributed by atoms with Gasteiger partial charge in [0.05, 0.1) is 6.61 Å². The second-order valence-corrected chi connectivity index (χ2v) is 5.44. The number of ether oxygens (including phenoxy) is 1. The minimum atomic E-state index is 0. The van der Waals surface area contributed by atoms with Crippen LogP contribution in [0, 0.1) is 0 Å². The van der Waals surface area contributed by atoms with E-state index in [1.165, 1.54) is 11.1 Å². The van der Waals surface area contributed by atoms with Gasteiger partial charge in [0.2, 0.25) is 0 Å². The van der Waals surface area contributed by atoms with Crippen LogP contribution < -0.4 is 11.1 Å². The number of guanidine groups is 1. The Bertz CT molecular complexity index is 590. The fraction of sp³-hybridized carbons (Fsp3) is 0.316. The predicted molar refractivity (Wildman–Crippen MR) is 111 cm³/mol. The SMILES string of the molecule is COCCNC(N)=NCC(Cc1ccccc1)c1ccccc1.I. The Morgan fingerprint density at radius 1 is 1.08 bits per heavy atom. The summed E-state index contributed by atoms with van der Waals surface area (Å²) in [7, 11) is 1.67. The molecule has 0 aliphatic carbocycles. The van der Waals surface area contributed by atoms with E-state index in [1.54, 1.807) is 7.11 Å². The van der Waals surface area contributed by atoms with Gasteiger partial charge in [0.1, 0.15) is 0 Å². The summed E-state index contributed by atoms with van der Waals surface area (Å²) < 4.78 is 4.99. The second kappa shape index (κ2) is 11.9. The fourth-order valence-corrected chi connectivity index (χ4v) is 2.46. The van der Waals surface area contributed by atoms with E-state index in [-0.39, 0.29) is 24.0 Å². The van der Waals surface area contributed by atoms with Gasteiger partial charge in [0.15, 0.2) is 5.96 Å². The minimum Gasteiger partial charge on any atom is -0.383 e. The summed E-state index contributed by atoms with van der Waals surface area (Å²) in [6.45, 7) is 1.94. The van der Waals surface area contributed by atoms with Gasteiger partial charge in [-0.3, -0.25) is 4.99 Å². The monoisotopic (exact) mass is 439 g/mol. The Morgan fingerprint density at radius 2 is 1.71 bits per heavy atom. The van der Waals surface area contributed by atoms with Gasteiger partial charge in [0, 0.05) is 26.1 Å². The van der Waals surface area contributed by atoms with E-state index >= 15 is 0 Å². The van der Waals surface area contributed by atoms with Crippen molar-refractivity contribution in [3.8, 4) is 0 Å². The Morgan fingerprint density at radius 3 is 2.33 bits per heavy atom. The van der Waals surface area contributed by atoms with Gasteiger partial charge in [-0.25, -0.2) is 0 Å². The van der Waals surface area contributed by atoms with E-state index in [0.29, 0.717) is 31.6 Å². The van der Waals surface area contributed by atoms with Gasteiger partial charge in [-0.1, -0.05) is 60.7 Å². The van der Waals surface area contributed by atoms with Crippen molar-refractivity contribution < 1.29 is 4.74 Å². The molecule has 0 bridgehead atoms. The minimum absolute atomic E-state index is 0. The Balaban J connectivity index is 0.00000288. The molecule has 5 heteroatoms. The highest BCUT2D eigenvalue weighted by atomic mass is 127. The van der Waals surface area contributed by atoms with Gasteiger partial charge in [-0.15, -0.1) is 24.0 Å². The van der Waals surface area contributed by atoms with E-state index < -0.39 is 0 Å². The zero-order valence-corrected chi connectivity index (χ0v) is 16.4. The predicted octanol–water partition coefficient (Wildman–Crippen LogP) is 3.18. The molecule has 3 N–H and O–H groups in total. The number of benzene rings is 2. The van der Waals surface area contributed by atoms with Crippen LogP contribution in [0.2, 0.25) is 0 Å². The fourth-order valence-electron chi connectivity index (χ4n) is 2.46. The highest BCUT2D eigenvalue weighted by Crippen LogP contribution is 2.21. The average molecular weight is 439 g/mol. The van der Waals surface area contributed by atoms with Crippen molar-refractivity contribution in [1.82, 2.24) is 5.32 Å². The van der Waals surface area contributed by atoms with Gasteiger partial charge in [-0.05, 0) is 17.5 Å². The lowest BCUT2D eigenvalue weighted by atomic mass is 9.92.